The molecule has 0 radical (unpaired) electrons. The lowest BCUT2D eigenvalue weighted by Crippen LogP contribution is -2.21. The van der Waals surface area contributed by atoms with Gasteiger partial charge in [-0.25, -0.2) is 4.98 Å². The zero-order valence-electron chi connectivity index (χ0n) is 16.7. The monoisotopic (exact) mass is 367 g/mol. The van der Waals surface area contributed by atoms with E-state index in [9.17, 15) is 5.11 Å². The molecule has 0 amide bonds. The highest BCUT2D eigenvalue weighted by atomic mass is 16.3. The number of unbranched alkanes of at least 4 members (excludes halogenated alkanes) is 2. The van der Waals surface area contributed by atoms with Crippen molar-refractivity contribution in [2.75, 3.05) is 18.8 Å². The first-order valence-corrected chi connectivity index (χ1v) is 10.3. The van der Waals surface area contributed by atoms with Crippen molar-refractivity contribution in [3.05, 3.63) is 58.3 Å². The number of rotatable bonds is 8. The molecule has 1 aromatic carbocycles. The van der Waals surface area contributed by atoms with Crippen LogP contribution in [0.15, 0.2) is 30.3 Å². The summed E-state index contributed by atoms with van der Waals surface area (Å²) >= 11 is 0. The van der Waals surface area contributed by atoms with Crippen molar-refractivity contribution in [2.45, 2.75) is 65.0 Å². The Hall–Kier alpha value is -1.91. The van der Waals surface area contributed by atoms with Gasteiger partial charge < -0.3 is 10.8 Å². The van der Waals surface area contributed by atoms with Crippen molar-refractivity contribution >= 4 is 5.82 Å². The Kier molecular flexibility index (Phi) is 6.86. The maximum atomic E-state index is 9.67. The summed E-state index contributed by atoms with van der Waals surface area (Å²) in [5.74, 6) is 0.690. The topological polar surface area (TPSA) is 62.4 Å². The third-order valence-electron chi connectivity index (χ3n) is 5.55. The van der Waals surface area contributed by atoms with E-state index >= 15 is 0 Å². The zero-order chi connectivity index (χ0) is 19.2. The lowest BCUT2D eigenvalue weighted by Gasteiger charge is -2.15. The molecule has 146 valence electrons. The summed E-state index contributed by atoms with van der Waals surface area (Å²) in [6.45, 7) is 6.96. The second-order valence-corrected chi connectivity index (χ2v) is 7.91. The summed E-state index contributed by atoms with van der Waals surface area (Å²) in [5, 5.41) is 9.67. The van der Waals surface area contributed by atoms with Gasteiger partial charge in [0.2, 0.25) is 0 Å². The van der Waals surface area contributed by atoms with Crippen LogP contribution in [0.3, 0.4) is 0 Å². The van der Waals surface area contributed by atoms with E-state index in [4.69, 9.17) is 5.73 Å². The predicted octanol–water partition coefficient (Wildman–Crippen LogP) is 3.86. The molecule has 1 saturated heterocycles. The van der Waals surface area contributed by atoms with Crippen molar-refractivity contribution < 1.29 is 5.11 Å². The number of aromatic nitrogens is 1. The number of hydrogen-bond donors (Lipinski definition) is 2. The van der Waals surface area contributed by atoms with Crippen LogP contribution in [-0.4, -0.2) is 34.2 Å². The van der Waals surface area contributed by atoms with Gasteiger partial charge in [0.05, 0.1) is 6.10 Å². The number of benzene rings is 1. The number of aliphatic hydroxyl groups is 1. The van der Waals surface area contributed by atoms with Crippen molar-refractivity contribution in [3.63, 3.8) is 0 Å². The van der Waals surface area contributed by atoms with Gasteiger partial charge in [-0.1, -0.05) is 50.1 Å². The first-order chi connectivity index (χ1) is 13.0. The SMILES string of the molecule is CCCCCc1cc(Cc2ccc(CN3CC[C@H](O)C3)cc2)c(C)nc1N. The molecule has 3 rings (SSSR count). The molecule has 27 heavy (non-hydrogen) atoms. The predicted molar refractivity (Wildman–Crippen MR) is 112 cm³/mol. The van der Waals surface area contributed by atoms with Gasteiger partial charge in [-0.2, -0.15) is 0 Å². The number of nitrogens with two attached hydrogens (primary N) is 1. The molecule has 0 saturated carbocycles. The zero-order valence-corrected chi connectivity index (χ0v) is 16.7. The van der Waals surface area contributed by atoms with Crippen molar-refractivity contribution in [1.29, 1.82) is 0 Å². The summed E-state index contributed by atoms with van der Waals surface area (Å²) in [4.78, 5) is 6.90. The second-order valence-electron chi connectivity index (χ2n) is 7.91. The second kappa shape index (κ2) is 9.34. The molecular formula is C23H33N3O. The number of aryl methyl sites for hydroxylation is 2. The van der Waals surface area contributed by atoms with Crippen molar-refractivity contribution in [3.8, 4) is 0 Å². The summed E-state index contributed by atoms with van der Waals surface area (Å²) < 4.78 is 0. The van der Waals surface area contributed by atoms with E-state index in [1.54, 1.807) is 0 Å². The highest BCUT2D eigenvalue weighted by molar-refractivity contribution is 5.45. The molecule has 0 unspecified atom stereocenters. The molecule has 4 heteroatoms. The van der Waals surface area contributed by atoms with E-state index in [1.165, 1.54) is 41.5 Å². The minimum Gasteiger partial charge on any atom is -0.392 e. The molecule has 1 aromatic heterocycles. The fourth-order valence-corrected chi connectivity index (χ4v) is 3.85. The van der Waals surface area contributed by atoms with Gasteiger partial charge in [-0.05, 0) is 54.9 Å². The van der Waals surface area contributed by atoms with Crippen LogP contribution in [0.25, 0.3) is 0 Å². The number of aliphatic hydroxyl groups excluding tert-OH is 1. The highest BCUT2D eigenvalue weighted by Crippen LogP contribution is 2.21. The van der Waals surface area contributed by atoms with E-state index in [0.717, 1.165) is 44.6 Å². The van der Waals surface area contributed by atoms with E-state index < -0.39 is 0 Å². The maximum absolute atomic E-state index is 9.67. The Morgan fingerprint density at radius 2 is 1.89 bits per heavy atom. The number of pyridine rings is 1. The molecule has 0 bridgehead atoms. The van der Waals surface area contributed by atoms with Crippen molar-refractivity contribution in [2.24, 2.45) is 0 Å². The number of hydrogen-bond acceptors (Lipinski definition) is 4. The highest BCUT2D eigenvalue weighted by Gasteiger charge is 2.19. The van der Waals surface area contributed by atoms with Gasteiger partial charge in [0.25, 0.3) is 0 Å². The van der Waals surface area contributed by atoms with E-state index in [2.05, 4.69) is 54.1 Å². The van der Waals surface area contributed by atoms with Crippen LogP contribution in [0.1, 0.15) is 60.6 Å². The summed E-state index contributed by atoms with van der Waals surface area (Å²) in [5.41, 5.74) is 12.2. The smallest absolute Gasteiger partial charge is 0.126 e. The molecule has 0 spiro atoms. The minimum atomic E-state index is -0.156. The third-order valence-corrected chi connectivity index (χ3v) is 5.55. The molecule has 1 aliphatic rings. The van der Waals surface area contributed by atoms with Crippen LogP contribution in [0.2, 0.25) is 0 Å². The average Bonchev–Trinajstić information content (AvgIpc) is 3.05. The fourth-order valence-electron chi connectivity index (χ4n) is 3.85. The molecule has 2 heterocycles. The molecule has 1 atom stereocenters. The third kappa shape index (κ3) is 5.53. The van der Waals surface area contributed by atoms with Crippen LogP contribution in [0.4, 0.5) is 5.82 Å². The van der Waals surface area contributed by atoms with Gasteiger partial charge in [-0.15, -0.1) is 0 Å². The first-order valence-electron chi connectivity index (χ1n) is 10.3. The number of nitrogens with zero attached hydrogens (tertiary/aromatic N) is 2. The van der Waals surface area contributed by atoms with E-state index in [0.29, 0.717) is 5.82 Å². The first kappa shape index (κ1) is 19.8. The Morgan fingerprint density at radius 1 is 1.15 bits per heavy atom. The Balaban J connectivity index is 1.64. The normalized spacial score (nSPS) is 17.5. The van der Waals surface area contributed by atoms with Crippen LogP contribution in [0.5, 0.6) is 0 Å². The Bertz CT molecular complexity index is 742. The van der Waals surface area contributed by atoms with Crippen LogP contribution in [-0.2, 0) is 19.4 Å². The van der Waals surface area contributed by atoms with Gasteiger partial charge in [0.1, 0.15) is 5.82 Å². The number of β-amino-alcohol motifs (C(OH)–C–C–N with tert-alkyl or cyclic N) is 1. The molecule has 4 nitrogen and oxygen atoms in total. The lowest BCUT2D eigenvalue weighted by molar-refractivity contribution is 0.175. The van der Waals surface area contributed by atoms with Gasteiger partial charge in [0.15, 0.2) is 0 Å². The molecule has 2 aromatic rings. The summed E-state index contributed by atoms with van der Waals surface area (Å²) in [7, 11) is 0. The molecule has 1 aliphatic heterocycles. The molecule has 1 fully saturated rings. The van der Waals surface area contributed by atoms with Crippen molar-refractivity contribution in [1.82, 2.24) is 9.88 Å². The number of anilines is 1. The average molecular weight is 368 g/mol. The minimum absolute atomic E-state index is 0.156. The largest absolute Gasteiger partial charge is 0.392 e. The number of likely N-dealkylation sites (tertiary alicyclic amines) is 1. The van der Waals surface area contributed by atoms with Gasteiger partial charge in [-0.3, -0.25) is 4.90 Å². The lowest BCUT2D eigenvalue weighted by atomic mass is 9.99. The summed E-state index contributed by atoms with van der Waals surface area (Å²) in [6.07, 6.45) is 6.26. The van der Waals surface area contributed by atoms with Crippen LogP contribution >= 0.6 is 0 Å². The standard InChI is InChI=1S/C23H33N3O/c1-3-4-5-6-20-14-21(17(2)25-23(20)24)13-18-7-9-19(10-8-18)15-26-12-11-22(27)16-26/h7-10,14,22,27H,3-6,11-13,15-16H2,1-2H3,(H2,24,25)/t22-/m0/s1. The fraction of sp³-hybridized carbons (Fsp3) is 0.522. The molecule has 0 aliphatic carbocycles. The van der Waals surface area contributed by atoms with E-state index in [1.807, 2.05) is 0 Å². The Morgan fingerprint density at radius 3 is 2.56 bits per heavy atom. The quantitative estimate of drug-likeness (QED) is 0.696. The molecule has 3 N–H and O–H groups in total. The molecular weight excluding hydrogens is 334 g/mol. The number of nitrogen functional groups attached to an aromatic ring is 1. The van der Waals surface area contributed by atoms with Gasteiger partial charge in [0, 0.05) is 25.3 Å². The van der Waals surface area contributed by atoms with Gasteiger partial charge >= 0.3 is 0 Å². The van der Waals surface area contributed by atoms with Crippen LogP contribution in [0, 0.1) is 6.92 Å². The Labute approximate surface area is 163 Å². The maximum Gasteiger partial charge on any atom is 0.126 e. The van der Waals surface area contributed by atoms with Crippen LogP contribution < -0.4 is 5.73 Å². The summed E-state index contributed by atoms with van der Waals surface area (Å²) in [6, 6.07) is 11.1. The van der Waals surface area contributed by atoms with E-state index in [-0.39, 0.29) is 6.10 Å².